The predicted molar refractivity (Wildman–Crippen MR) is 46.7 cm³/mol. The fourth-order valence-electron chi connectivity index (χ4n) is 1.12. The number of aromatic nitrogens is 3. The normalized spacial score (nSPS) is 9.92. The Morgan fingerprint density at radius 2 is 2.08 bits per heavy atom. The molecule has 2 aromatic rings. The van der Waals surface area contributed by atoms with Gasteiger partial charge in [0.15, 0.2) is 11.9 Å². The van der Waals surface area contributed by atoms with Crippen molar-refractivity contribution in [3.05, 3.63) is 36.7 Å². The second-order valence-electron chi connectivity index (χ2n) is 2.60. The van der Waals surface area contributed by atoms with Gasteiger partial charge in [-0.3, -0.25) is 0 Å². The molecular formula is C9H10N3O+. The van der Waals surface area contributed by atoms with E-state index < -0.39 is 0 Å². The third-order valence-electron chi connectivity index (χ3n) is 1.81. The molecule has 0 aliphatic rings. The fourth-order valence-corrected chi connectivity index (χ4v) is 1.12. The van der Waals surface area contributed by atoms with Crippen molar-refractivity contribution >= 4 is 0 Å². The standard InChI is InChI=1S/C9H9N3O/c1-13-9-4-2-8(3-5-9)12-7-6-10-11-12/h2-7H,1H3/p+1. The number of nitrogens with zero attached hydrogens (tertiary/aromatic N) is 2. The van der Waals surface area contributed by atoms with Gasteiger partial charge < -0.3 is 4.74 Å². The molecule has 0 saturated heterocycles. The van der Waals surface area contributed by atoms with Crippen molar-refractivity contribution < 1.29 is 9.42 Å². The minimum absolute atomic E-state index is 0.851. The lowest BCUT2D eigenvalue weighted by atomic mass is 10.3. The van der Waals surface area contributed by atoms with Crippen LogP contribution in [0.1, 0.15) is 0 Å². The Bertz CT molecular complexity index is 366. The Morgan fingerprint density at radius 1 is 1.31 bits per heavy atom. The van der Waals surface area contributed by atoms with E-state index >= 15 is 0 Å². The van der Waals surface area contributed by atoms with Gasteiger partial charge >= 0.3 is 0 Å². The SMILES string of the molecule is COc1ccc(-[n+]2ccn[nH]2)cc1. The number of hydrogen-bond donors (Lipinski definition) is 1. The highest BCUT2D eigenvalue weighted by Crippen LogP contribution is 2.10. The summed E-state index contributed by atoms with van der Waals surface area (Å²) < 4.78 is 6.87. The topological polar surface area (TPSA) is 41.8 Å². The average molecular weight is 176 g/mol. The molecule has 0 unspecified atom stereocenters. The summed E-state index contributed by atoms with van der Waals surface area (Å²) in [4.78, 5) is 0. The molecule has 0 fully saturated rings. The molecule has 0 aliphatic carbocycles. The quantitative estimate of drug-likeness (QED) is 0.684. The molecule has 0 spiro atoms. The van der Waals surface area contributed by atoms with E-state index in [-0.39, 0.29) is 0 Å². The molecule has 0 saturated carbocycles. The zero-order chi connectivity index (χ0) is 9.10. The molecule has 1 aromatic heterocycles. The van der Waals surface area contributed by atoms with Gasteiger partial charge in [0.05, 0.1) is 7.11 Å². The Balaban J connectivity index is 2.33. The maximum Gasteiger partial charge on any atom is 0.206 e. The summed E-state index contributed by atoms with van der Waals surface area (Å²) in [5.74, 6) is 0.851. The summed E-state index contributed by atoms with van der Waals surface area (Å²) in [7, 11) is 1.65. The molecule has 66 valence electrons. The molecule has 0 radical (unpaired) electrons. The second kappa shape index (κ2) is 3.26. The van der Waals surface area contributed by atoms with Gasteiger partial charge in [-0.1, -0.05) is 5.21 Å². The van der Waals surface area contributed by atoms with Gasteiger partial charge in [-0.2, -0.15) is 0 Å². The van der Waals surface area contributed by atoms with Crippen LogP contribution in [-0.4, -0.2) is 17.4 Å². The first-order valence-corrected chi connectivity index (χ1v) is 3.95. The number of methoxy groups -OCH3 is 1. The summed E-state index contributed by atoms with van der Waals surface area (Å²) in [6, 6.07) is 7.72. The summed E-state index contributed by atoms with van der Waals surface area (Å²) in [6.07, 6.45) is 3.55. The van der Waals surface area contributed by atoms with E-state index in [2.05, 4.69) is 10.3 Å². The third-order valence-corrected chi connectivity index (χ3v) is 1.81. The summed E-state index contributed by atoms with van der Waals surface area (Å²) in [5.41, 5.74) is 1.03. The van der Waals surface area contributed by atoms with E-state index in [1.54, 1.807) is 13.3 Å². The predicted octanol–water partition coefficient (Wildman–Crippen LogP) is 0.695. The van der Waals surface area contributed by atoms with Gasteiger partial charge in [0, 0.05) is 5.10 Å². The fraction of sp³-hybridized carbons (Fsp3) is 0.111. The number of benzene rings is 1. The minimum Gasteiger partial charge on any atom is -0.497 e. The molecular weight excluding hydrogens is 166 g/mol. The minimum atomic E-state index is 0.851. The highest BCUT2D eigenvalue weighted by Gasteiger charge is 2.01. The van der Waals surface area contributed by atoms with E-state index in [4.69, 9.17) is 4.74 Å². The van der Waals surface area contributed by atoms with Crippen molar-refractivity contribution in [1.82, 2.24) is 10.3 Å². The lowest BCUT2D eigenvalue weighted by Crippen LogP contribution is -2.31. The van der Waals surface area contributed by atoms with Crippen molar-refractivity contribution in [3.8, 4) is 11.4 Å². The number of rotatable bonds is 2. The maximum atomic E-state index is 5.05. The van der Waals surface area contributed by atoms with Crippen LogP contribution in [0.15, 0.2) is 36.7 Å². The van der Waals surface area contributed by atoms with E-state index in [0.717, 1.165) is 11.4 Å². The molecule has 0 amide bonds. The number of H-pyrrole nitrogens is 1. The van der Waals surface area contributed by atoms with Crippen LogP contribution in [0.4, 0.5) is 0 Å². The van der Waals surface area contributed by atoms with Gasteiger partial charge in [0.25, 0.3) is 0 Å². The van der Waals surface area contributed by atoms with Gasteiger partial charge in [0.1, 0.15) is 5.75 Å². The van der Waals surface area contributed by atoms with E-state index in [0.29, 0.717) is 0 Å². The zero-order valence-electron chi connectivity index (χ0n) is 7.27. The summed E-state index contributed by atoms with van der Waals surface area (Å²) in [5, 5.41) is 6.66. The molecule has 0 atom stereocenters. The average Bonchev–Trinajstić information content (AvgIpc) is 2.71. The first kappa shape index (κ1) is 7.79. The Kier molecular flexibility index (Phi) is 1.96. The number of hydrogen-bond acceptors (Lipinski definition) is 2. The zero-order valence-corrected chi connectivity index (χ0v) is 7.27. The number of ether oxygens (including phenoxy) is 1. The van der Waals surface area contributed by atoms with Crippen molar-refractivity contribution in [3.63, 3.8) is 0 Å². The molecule has 1 N–H and O–H groups in total. The maximum absolute atomic E-state index is 5.05. The van der Waals surface area contributed by atoms with Gasteiger partial charge in [-0.15, -0.1) is 4.68 Å². The van der Waals surface area contributed by atoms with Gasteiger partial charge in [0.2, 0.25) is 6.20 Å². The van der Waals surface area contributed by atoms with Crippen LogP contribution < -0.4 is 9.42 Å². The second-order valence-corrected chi connectivity index (χ2v) is 2.60. The molecule has 2 rings (SSSR count). The Hall–Kier alpha value is -1.84. The molecule has 1 aromatic carbocycles. The van der Waals surface area contributed by atoms with Crippen molar-refractivity contribution in [1.29, 1.82) is 0 Å². The van der Waals surface area contributed by atoms with Crippen LogP contribution in [0.3, 0.4) is 0 Å². The smallest absolute Gasteiger partial charge is 0.206 e. The Morgan fingerprint density at radius 3 is 2.62 bits per heavy atom. The van der Waals surface area contributed by atoms with Crippen LogP contribution >= 0.6 is 0 Å². The number of nitrogens with one attached hydrogen (secondary N) is 1. The van der Waals surface area contributed by atoms with Gasteiger partial charge in [-0.05, 0) is 24.3 Å². The van der Waals surface area contributed by atoms with E-state index in [1.807, 2.05) is 35.1 Å². The van der Waals surface area contributed by atoms with Crippen molar-refractivity contribution in [2.75, 3.05) is 7.11 Å². The molecule has 0 aliphatic heterocycles. The first-order valence-electron chi connectivity index (χ1n) is 3.95. The van der Waals surface area contributed by atoms with E-state index in [9.17, 15) is 0 Å². The first-order chi connectivity index (χ1) is 6.40. The van der Waals surface area contributed by atoms with Gasteiger partial charge in [-0.25, -0.2) is 0 Å². The molecule has 4 heteroatoms. The largest absolute Gasteiger partial charge is 0.497 e. The molecule has 13 heavy (non-hydrogen) atoms. The molecule has 4 nitrogen and oxygen atoms in total. The monoisotopic (exact) mass is 176 g/mol. The summed E-state index contributed by atoms with van der Waals surface area (Å²) in [6.45, 7) is 0. The molecule has 1 heterocycles. The van der Waals surface area contributed by atoms with Crippen LogP contribution in [0.25, 0.3) is 5.69 Å². The lowest BCUT2D eigenvalue weighted by molar-refractivity contribution is -0.659. The van der Waals surface area contributed by atoms with Crippen LogP contribution in [-0.2, 0) is 0 Å². The summed E-state index contributed by atoms with van der Waals surface area (Å²) >= 11 is 0. The molecule has 0 bridgehead atoms. The number of aromatic amines is 1. The van der Waals surface area contributed by atoms with Crippen molar-refractivity contribution in [2.24, 2.45) is 0 Å². The highest BCUT2D eigenvalue weighted by molar-refractivity contribution is 5.30. The van der Waals surface area contributed by atoms with Crippen LogP contribution in [0, 0.1) is 0 Å². The lowest BCUT2D eigenvalue weighted by Gasteiger charge is -1.98. The Labute approximate surface area is 75.8 Å². The van der Waals surface area contributed by atoms with Crippen molar-refractivity contribution in [2.45, 2.75) is 0 Å². The third kappa shape index (κ3) is 1.51. The van der Waals surface area contributed by atoms with Crippen LogP contribution in [0.2, 0.25) is 0 Å². The highest BCUT2D eigenvalue weighted by atomic mass is 16.5. The van der Waals surface area contributed by atoms with E-state index in [1.165, 1.54) is 0 Å². The van der Waals surface area contributed by atoms with Crippen LogP contribution in [0.5, 0.6) is 5.75 Å².